The molecule has 3 aromatic rings. The molecule has 1 aliphatic rings. The Morgan fingerprint density at radius 3 is 2.47 bits per heavy atom. The second kappa shape index (κ2) is 8.16. The van der Waals surface area contributed by atoms with Crippen LogP contribution in [-0.4, -0.2) is 46.7 Å². The summed E-state index contributed by atoms with van der Waals surface area (Å²) in [7, 11) is -3.50. The van der Waals surface area contributed by atoms with Crippen LogP contribution in [0.4, 0.5) is 5.69 Å². The van der Waals surface area contributed by atoms with Crippen LogP contribution in [0.3, 0.4) is 0 Å². The number of rotatable bonds is 6. The summed E-state index contributed by atoms with van der Waals surface area (Å²) in [5.74, 6) is -0.114. The molecule has 0 bridgehead atoms. The average molecular weight is 428 g/mol. The van der Waals surface area contributed by atoms with Gasteiger partial charge in [0, 0.05) is 25.2 Å². The Morgan fingerprint density at radius 2 is 1.77 bits per heavy atom. The highest BCUT2D eigenvalue weighted by Crippen LogP contribution is 2.24. The molecule has 30 heavy (non-hydrogen) atoms. The summed E-state index contributed by atoms with van der Waals surface area (Å²) >= 11 is 0. The summed E-state index contributed by atoms with van der Waals surface area (Å²) in [5.41, 5.74) is 4.16. The Hall–Kier alpha value is -2.78. The molecule has 8 nitrogen and oxygen atoms in total. The first-order valence-electron chi connectivity index (χ1n) is 10.0. The smallest absolute Gasteiger partial charge is 0.243 e. The van der Waals surface area contributed by atoms with Gasteiger partial charge in [0.2, 0.25) is 15.9 Å². The summed E-state index contributed by atoms with van der Waals surface area (Å²) in [6.07, 6.45) is 2.02. The molecule has 0 aliphatic carbocycles. The maximum absolute atomic E-state index is 12.7. The molecular formula is C21H25N5O3S. The number of nitrogens with zero attached hydrogens (tertiary/aromatic N) is 4. The van der Waals surface area contributed by atoms with Gasteiger partial charge in [-0.15, -0.1) is 5.10 Å². The fourth-order valence-electron chi connectivity index (χ4n) is 3.83. The molecule has 1 aliphatic heterocycles. The van der Waals surface area contributed by atoms with Crippen molar-refractivity contribution in [1.82, 2.24) is 19.3 Å². The first-order chi connectivity index (χ1) is 14.3. The Kier molecular flexibility index (Phi) is 5.57. The zero-order valence-corrected chi connectivity index (χ0v) is 17.9. The maximum atomic E-state index is 12.7. The van der Waals surface area contributed by atoms with Crippen LogP contribution in [0.25, 0.3) is 11.0 Å². The first kappa shape index (κ1) is 20.5. The minimum atomic E-state index is -3.50. The van der Waals surface area contributed by atoms with Crippen LogP contribution in [0.2, 0.25) is 0 Å². The predicted molar refractivity (Wildman–Crippen MR) is 115 cm³/mol. The summed E-state index contributed by atoms with van der Waals surface area (Å²) in [6, 6.07) is 10.8. The molecule has 9 heteroatoms. The van der Waals surface area contributed by atoms with Crippen LogP contribution in [0.5, 0.6) is 0 Å². The van der Waals surface area contributed by atoms with Crippen LogP contribution >= 0.6 is 0 Å². The summed E-state index contributed by atoms with van der Waals surface area (Å²) < 4.78 is 28.6. The molecule has 0 saturated carbocycles. The average Bonchev–Trinajstić information content (AvgIpc) is 3.35. The van der Waals surface area contributed by atoms with Crippen molar-refractivity contribution in [1.29, 1.82) is 0 Å². The normalized spacial score (nSPS) is 15.0. The molecule has 2 aromatic carbocycles. The van der Waals surface area contributed by atoms with E-state index in [4.69, 9.17) is 0 Å². The maximum Gasteiger partial charge on any atom is 0.243 e. The minimum absolute atomic E-state index is 0.114. The van der Waals surface area contributed by atoms with E-state index in [1.54, 1.807) is 22.9 Å². The van der Waals surface area contributed by atoms with Gasteiger partial charge in [-0.05, 0) is 68.1 Å². The highest BCUT2D eigenvalue weighted by molar-refractivity contribution is 7.89. The van der Waals surface area contributed by atoms with Gasteiger partial charge < -0.3 is 5.32 Å². The van der Waals surface area contributed by atoms with Gasteiger partial charge in [0.15, 0.2) is 0 Å². The molecule has 2 heterocycles. The second-order valence-corrected chi connectivity index (χ2v) is 9.69. The lowest BCUT2D eigenvalue weighted by Crippen LogP contribution is -2.27. The van der Waals surface area contributed by atoms with E-state index >= 15 is 0 Å². The van der Waals surface area contributed by atoms with Crippen molar-refractivity contribution in [2.75, 3.05) is 18.4 Å². The number of carbonyl (C=O) groups excluding carboxylic acids is 1. The number of hydrogen-bond acceptors (Lipinski definition) is 5. The van der Waals surface area contributed by atoms with E-state index in [0.717, 1.165) is 29.7 Å². The molecule has 0 atom stereocenters. The van der Waals surface area contributed by atoms with Crippen molar-refractivity contribution in [2.24, 2.45) is 0 Å². The SMILES string of the molecule is Cc1cc(C)cc(NC(=O)CCn2nnc3cc(S(=O)(=O)N4CCCC4)ccc32)c1. The van der Waals surface area contributed by atoms with Crippen LogP contribution in [0, 0.1) is 13.8 Å². The topological polar surface area (TPSA) is 97.2 Å². The second-order valence-electron chi connectivity index (χ2n) is 7.75. The Balaban J connectivity index is 1.45. The number of amides is 1. The molecule has 1 aromatic heterocycles. The number of benzene rings is 2. The highest BCUT2D eigenvalue weighted by atomic mass is 32.2. The van der Waals surface area contributed by atoms with Gasteiger partial charge in [-0.3, -0.25) is 4.79 Å². The van der Waals surface area contributed by atoms with Crippen LogP contribution in [-0.2, 0) is 21.4 Å². The highest BCUT2D eigenvalue weighted by Gasteiger charge is 2.27. The Morgan fingerprint density at radius 1 is 1.07 bits per heavy atom. The predicted octanol–water partition coefficient (Wildman–Crippen LogP) is 2.86. The van der Waals surface area contributed by atoms with E-state index in [1.807, 2.05) is 26.0 Å². The monoisotopic (exact) mass is 427 g/mol. The van der Waals surface area contributed by atoms with Crippen molar-refractivity contribution < 1.29 is 13.2 Å². The van der Waals surface area contributed by atoms with Crippen LogP contribution < -0.4 is 5.32 Å². The van der Waals surface area contributed by atoms with Crippen molar-refractivity contribution in [3.63, 3.8) is 0 Å². The fourth-order valence-corrected chi connectivity index (χ4v) is 5.37. The van der Waals surface area contributed by atoms with Gasteiger partial charge in [0.1, 0.15) is 5.52 Å². The third-order valence-corrected chi connectivity index (χ3v) is 7.14. The number of sulfonamides is 1. The lowest BCUT2D eigenvalue weighted by atomic mass is 10.1. The summed E-state index contributed by atoms with van der Waals surface area (Å²) in [4.78, 5) is 12.6. The number of aromatic nitrogens is 3. The number of hydrogen-bond donors (Lipinski definition) is 1. The van der Waals surface area contributed by atoms with E-state index < -0.39 is 10.0 Å². The lowest BCUT2D eigenvalue weighted by Gasteiger charge is -2.15. The van der Waals surface area contributed by atoms with Gasteiger partial charge in [0.25, 0.3) is 0 Å². The molecule has 0 radical (unpaired) electrons. The molecule has 158 valence electrons. The molecule has 1 saturated heterocycles. The molecule has 1 amide bonds. The lowest BCUT2D eigenvalue weighted by molar-refractivity contribution is -0.116. The van der Waals surface area contributed by atoms with E-state index in [2.05, 4.69) is 21.7 Å². The molecule has 0 spiro atoms. The quantitative estimate of drug-likeness (QED) is 0.652. The number of fused-ring (bicyclic) bond motifs is 1. The van der Waals surface area contributed by atoms with Crippen molar-refractivity contribution >= 4 is 32.7 Å². The van der Waals surface area contributed by atoms with Gasteiger partial charge in [-0.25, -0.2) is 13.1 Å². The van der Waals surface area contributed by atoms with Crippen LogP contribution in [0.15, 0.2) is 41.3 Å². The Labute approximate surface area is 175 Å². The number of carbonyl (C=O) groups is 1. The van der Waals surface area contributed by atoms with Gasteiger partial charge in [-0.1, -0.05) is 11.3 Å². The van der Waals surface area contributed by atoms with Gasteiger partial charge in [-0.2, -0.15) is 4.31 Å². The van der Waals surface area contributed by atoms with Gasteiger partial charge in [0.05, 0.1) is 17.0 Å². The summed E-state index contributed by atoms with van der Waals surface area (Å²) in [5, 5.41) is 11.1. The van der Waals surface area contributed by atoms with E-state index in [0.29, 0.717) is 30.7 Å². The number of anilines is 1. The van der Waals surface area contributed by atoms with Crippen LogP contribution in [0.1, 0.15) is 30.4 Å². The van der Waals surface area contributed by atoms with E-state index in [-0.39, 0.29) is 17.2 Å². The molecule has 1 N–H and O–H groups in total. The summed E-state index contributed by atoms with van der Waals surface area (Å²) in [6.45, 7) is 5.45. The Bertz CT molecular complexity index is 1180. The molecule has 1 fully saturated rings. The third-order valence-electron chi connectivity index (χ3n) is 5.24. The molecule has 0 unspecified atom stereocenters. The number of nitrogens with one attached hydrogen (secondary N) is 1. The zero-order valence-electron chi connectivity index (χ0n) is 17.1. The van der Waals surface area contributed by atoms with E-state index in [1.165, 1.54) is 4.31 Å². The van der Waals surface area contributed by atoms with Crippen molar-refractivity contribution in [3.05, 3.63) is 47.5 Å². The van der Waals surface area contributed by atoms with Crippen molar-refractivity contribution in [2.45, 2.75) is 44.6 Å². The molecule has 4 rings (SSSR count). The third kappa shape index (κ3) is 4.22. The van der Waals surface area contributed by atoms with Gasteiger partial charge >= 0.3 is 0 Å². The largest absolute Gasteiger partial charge is 0.326 e. The van der Waals surface area contributed by atoms with E-state index in [9.17, 15) is 13.2 Å². The standard InChI is InChI=1S/C21H25N5O3S/c1-15-11-16(2)13-17(12-15)22-21(27)7-10-26-20-6-5-18(14-19(20)23-24-26)30(28,29)25-8-3-4-9-25/h5-6,11-14H,3-4,7-10H2,1-2H3,(H,22,27). The van der Waals surface area contributed by atoms with Crippen molar-refractivity contribution in [3.8, 4) is 0 Å². The fraction of sp³-hybridized carbons (Fsp3) is 0.381. The minimum Gasteiger partial charge on any atom is -0.326 e. The number of aryl methyl sites for hydroxylation is 3. The zero-order chi connectivity index (χ0) is 21.3. The molecular weight excluding hydrogens is 402 g/mol. The first-order valence-corrected chi connectivity index (χ1v) is 11.5.